The normalized spacial score (nSPS) is 19.4. The molecule has 7 nitrogen and oxygen atoms in total. The molecule has 0 aromatic heterocycles. The third kappa shape index (κ3) is 6.00. The molecule has 0 bridgehead atoms. The van der Waals surface area contributed by atoms with Crippen molar-refractivity contribution in [1.82, 2.24) is 4.90 Å². The second-order valence-electron chi connectivity index (χ2n) is 4.16. The van der Waals surface area contributed by atoms with E-state index < -0.39 is 12.0 Å². The van der Waals surface area contributed by atoms with Crippen molar-refractivity contribution < 1.29 is 28.9 Å². The van der Waals surface area contributed by atoms with Gasteiger partial charge in [0.05, 0.1) is 38.9 Å². The molecule has 1 unspecified atom stereocenters. The van der Waals surface area contributed by atoms with Gasteiger partial charge in [-0.15, -0.1) is 0 Å². The molecule has 1 rings (SSSR count). The Morgan fingerprint density at radius 3 is 2.79 bits per heavy atom. The molecule has 1 fully saturated rings. The zero-order valence-electron chi connectivity index (χ0n) is 11.2. The Hall–Kier alpha value is -1.18. The molecule has 0 aromatic rings. The summed E-state index contributed by atoms with van der Waals surface area (Å²) in [4.78, 5) is 24.2. The number of nitrogens with zero attached hydrogens (tertiary/aromatic N) is 1. The number of morpholine rings is 1. The molecule has 110 valence electrons. The van der Waals surface area contributed by atoms with Crippen molar-refractivity contribution >= 4 is 11.9 Å². The van der Waals surface area contributed by atoms with Crippen molar-refractivity contribution in [2.75, 3.05) is 46.2 Å². The molecule has 0 saturated carbocycles. The predicted octanol–water partition coefficient (Wildman–Crippen LogP) is -0.258. The van der Waals surface area contributed by atoms with Gasteiger partial charge in [-0.1, -0.05) is 0 Å². The van der Waals surface area contributed by atoms with E-state index in [0.717, 1.165) is 0 Å². The lowest BCUT2D eigenvalue weighted by molar-refractivity contribution is -0.149. The Kier molecular flexibility index (Phi) is 7.39. The molecular weight excluding hydrogens is 254 g/mol. The van der Waals surface area contributed by atoms with Gasteiger partial charge in [-0.25, -0.2) is 0 Å². The summed E-state index contributed by atoms with van der Waals surface area (Å²) in [7, 11) is 0. The number of hydrogen-bond donors (Lipinski definition) is 1. The predicted molar refractivity (Wildman–Crippen MR) is 65.9 cm³/mol. The van der Waals surface area contributed by atoms with Crippen LogP contribution in [0.15, 0.2) is 0 Å². The summed E-state index contributed by atoms with van der Waals surface area (Å²) in [5, 5.41) is 8.80. The number of rotatable bonds is 8. The van der Waals surface area contributed by atoms with Crippen molar-refractivity contribution in [3.05, 3.63) is 0 Å². The molecule has 1 atom stereocenters. The van der Waals surface area contributed by atoms with Crippen LogP contribution in [0.2, 0.25) is 0 Å². The summed E-state index contributed by atoms with van der Waals surface area (Å²) in [6.45, 7) is 4.35. The van der Waals surface area contributed by atoms with Gasteiger partial charge in [0, 0.05) is 13.2 Å². The third-order valence-corrected chi connectivity index (χ3v) is 2.76. The van der Waals surface area contributed by atoms with Crippen LogP contribution in [-0.2, 0) is 23.8 Å². The first kappa shape index (κ1) is 15.9. The number of carboxylic acids is 1. The van der Waals surface area contributed by atoms with E-state index >= 15 is 0 Å². The summed E-state index contributed by atoms with van der Waals surface area (Å²) < 4.78 is 15.5. The van der Waals surface area contributed by atoms with Gasteiger partial charge < -0.3 is 24.2 Å². The van der Waals surface area contributed by atoms with Crippen LogP contribution in [0.5, 0.6) is 0 Å². The molecule has 1 aliphatic heterocycles. The average molecular weight is 275 g/mol. The van der Waals surface area contributed by atoms with Crippen LogP contribution in [-0.4, -0.2) is 74.1 Å². The molecule has 1 N–H and O–H groups in total. The van der Waals surface area contributed by atoms with Crippen molar-refractivity contribution in [3.63, 3.8) is 0 Å². The first-order chi connectivity index (χ1) is 9.15. The molecule has 1 heterocycles. The van der Waals surface area contributed by atoms with Crippen molar-refractivity contribution in [2.24, 2.45) is 0 Å². The van der Waals surface area contributed by atoms with E-state index in [1.54, 1.807) is 0 Å². The first-order valence-electron chi connectivity index (χ1n) is 6.39. The van der Waals surface area contributed by atoms with E-state index in [2.05, 4.69) is 0 Å². The van der Waals surface area contributed by atoms with Gasteiger partial charge in [0.1, 0.15) is 6.61 Å². The third-order valence-electron chi connectivity index (χ3n) is 2.76. The molecule has 7 heteroatoms. The summed E-state index contributed by atoms with van der Waals surface area (Å²) in [6, 6.07) is -0.408. The van der Waals surface area contributed by atoms with E-state index in [1.165, 1.54) is 4.90 Å². The fraction of sp³-hybridized carbons (Fsp3) is 0.833. The molecule has 19 heavy (non-hydrogen) atoms. The molecule has 0 spiro atoms. The van der Waals surface area contributed by atoms with Crippen molar-refractivity contribution in [3.8, 4) is 0 Å². The summed E-state index contributed by atoms with van der Waals surface area (Å²) >= 11 is 0. The lowest BCUT2D eigenvalue weighted by Gasteiger charge is -2.34. The number of aliphatic carboxylic acids is 1. The highest BCUT2D eigenvalue weighted by molar-refractivity contribution is 5.79. The van der Waals surface area contributed by atoms with Crippen LogP contribution in [0.3, 0.4) is 0 Å². The lowest BCUT2D eigenvalue weighted by Crippen LogP contribution is -2.50. The average Bonchev–Trinajstić information content (AvgIpc) is 2.38. The highest BCUT2D eigenvalue weighted by Crippen LogP contribution is 2.11. The number of carbonyl (C=O) groups is 2. The van der Waals surface area contributed by atoms with Gasteiger partial charge in [0.2, 0.25) is 5.91 Å². The summed E-state index contributed by atoms with van der Waals surface area (Å²) in [5.74, 6) is -1.14. The van der Waals surface area contributed by atoms with E-state index in [0.29, 0.717) is 33.0 Å². The maximum absolute atomic E-state index is 11.9. The maximum atomic E-state index is 11.9. The van der Waals surface area contributed by atoms with Crippen molar-refractivity contribution in [2.45, 2.75) is 19.4 Å². The number of amides is 1. The smallest absolute Gasteiger partial charge is 0.305 e. The minimum atomic E-state index is -0.939. The van der Waals surface area contributed by atoms with E-state index in [9.17, 15) is 9.59 Å². The zero-order chi connectivity index (χ0) is 14.1. The van der Waals surface area contributed by atoms with Crippen LogP contribution in [0.1, 0.15) is 13.3 Å². The highest BCUT2D eigenvalue weighted by Gasteiger charge is 2.28. The Morgan fingerprint density at radius 1 is 1.37 bits per heavy atom. The highest BCUT2D eigenvalue weighted by atomic mass is 16.5. The summed E-state index contributed by atoms with van der Waals surface area (Å²) in [6.07, 6.45) is -0.106. The molecule has 0 aliphatic carbocycles. The van der Waals surface area contributed by atoms with E-state index in [-0.39, 0.29) is 25.5 Å². The Balaban J connectivity index is 2.32. The number of ether oxygens (including phenoxy) is 3. The van der Waals surface area contributed by atoms with Crippen molar-refractivity contribution in [1.29, 1.82) is 0 Å². The van der Waals surface area contributed by atoms with Gasteiger partial charge in [-0.05, 0) is 6.92 Å². The van der Waals surface area contributed by atoms with Crippen LogP contribution in [0.4, 0.5) is 0 Å². The summed E-state index contributed by atoms with van der Waals surface area (Å²) in [5.41, 5.74) is 0. The monoisotopic (exact) mass is 275 g/mol. The SMILES string of the molecule is CCOCCOCC(=O)N1CCOCC1CC(=O)O. The zero-order valence-corrected chi connectivity index (χ0v) is 11.2. The Labute approximate surface area is 112 Å². The minimum absolute atomic E-state index is 0.0524. The van der Waals surface area contributed by atoms with Crippen LogP contribution in [0.25, 0.3) is 0 Å². The van der Waals surface area contributed by atoms with Gasteiger partial charge >= 0.3 is 5.97 Å². The standard InChI is InChI=1S/C12H21NO6/c1-2-17-5-6-19-9-11(14)13-3-4-18-8-10(13)7-12(15)16/h10H,2-9H2,1H3,(H,15,16). The van der Waals surface area contributed by atoms with Crippen LogP contribution in [0, 0.1) is 0 Å². The van der Waals surface area contributed by atoms with Crippen LogP contribution < -0.4 is 0 Å². The number of carboxylic acid groups (broad SMARTS) is 1. The molecule has 0 aromatic carbocycles. The molecule has 0 radical (unpaired) electrons. The second-order valence-corrected chi connectivity index (χ2v) is 4.16. The van der Waals surface area contributed by atoms with Gasteiger partial charge in [0.15, 0.2) is 0 Å². The maximum Gasteiger partial charge on any atom is 0.305 e. The van der Waals surface area contributed by atoms with Crippen LogP contribution >= 0.6 is 0 Å². The van der Waals surface area contributed by atoms with E-state index in [1.807, 2.05) is 6.92 Å². The lowest BCUT2D eigenvalue weighted by atomic mass is 10.1. The fourth-order valence-corrected chi connectivity index (χ4v) is 1.86. The first-order valence-corrected chi connectivity index (χ1v) is 6.39. The number of carbonyl (C=O) groups excluding carboxylic acids is 1. The van der Waals surface area contributed by atoms with Gasteiger partial charge in [0.25, 0.3) is 0 Å². The minimum Gasteiger partial charge on any atom is -0.481 e. The molecular formula is C12H21NO6. The van der Waals surface area contributed by atoms with Gasteiger partial charge in [-0.2, -0.15) is 0 Å². The topological polar surface area (TPSA) is 85.3 Å². The molecule has 1 aliphatic rings. The Bertz CT molecular complexity index is 296. The largest absolute Gasteiger partial charge is 0.481 e. The molecule has 1 amide bonds. The number of hydrogen-bond acceptors (Lipinski definition) is 5. The van der Waals surface area contributed by atoms with Gasteiger partial charge in [-0.3, -0.25) is 9.59 Å². The quantitative estimate of drug-likeness (QED) is 0.614. The molecule has 1 saturated heterocycles. The fourth-order valence-electron chi connectivity index (χ4n) is 1.86. The van der Waals surface area contributed by atoms with E-state index in [4.69, 9.17) is 19.3 Å². The second kappa shape index (κ2) is 8.84. The Morgan fingerprint density at radius 2 is 2.11 bits per heavy atom.